The minimum atomic E-state index is -0.309. The van der Waals surface area contributed by atoms with Crippen LogP contribution in [0.5, 0.6) is 11.5 Å². The van der Waals surface area contributed by atoms with E-state index in [1.54, 1.807) is 30.3 Å². The fourth-order valence-electron chi connectivity index (χ4n) is 3.96. The number of carbonyl (C=O) groups is 3. The Labute approximate surface area is 181 Å². The predicted octanol–water partition coefficient (Wildman–Crippen LogP) is 3.12. The second kappa shape index (κ2) is 9.64. The lowest BCUT2D eigenvalue weighted by molar-refractivity contribution is -0.125. The molecule has 7 heteroatoms. The summed E-state index contributed by atoms with van der Waals surface area (Å²) in [6, 6.07) is 14.1. The van der Waals surface area contributed by atoms with E-state index in [0.29, 0.717) is 22.7 Å². The maximum atomic E-state index is 12.6. The molecule has 2 aromatic carbocycles. The van der Waals surface area contributed by atoms with Gasteiger partial charge in [0.25, 0.3) is 5.91 Å². The summed E-state index contributed by atoms with van der Waals surface area (Å²) >= 11 is 0. The largest absolute Gasteiger partial charge is 0.485 e. The van der Waals surface area contributed by atoms with E-state index in [4.69, 9.17) is 9.47 Å². The van der Waals surface area contributed by atoms with Crippen LogP contribution in [0.25, 0.3) is 0 Å². The molecule has 1 saturated carbocycles. The highest BCUT2D eigenvalue weighted by atomic mass is 16.5. The van der Waals surface area contributed by atoms with Crippen LogP contribution in [0.15, 0.2) is 48.5 Å². The molecule has 1 heterocycles. The summed E-state index contributed by atoms with van der Waals surface area (Å²) in [5, 5.41) is 3.03. The molecule has 0 saturated heterocycles. The fraction of sp³-hybridized carbons (Fsp3) is 0.375. The van der Waals surface area contributed by atoms with E-state index < -0.39 is 0 Å². The minimum Gasteiger partial charge on any atom is -0.485 e. The molecule has 4 rings (SSSR count). The lowest BCUT2D eigenvalue weighted by atomic mass is 9.95. The molecule has 1 N–H and O–H groups in total. The van der Waals surface area contributed by atoms with Crippen molar-refractivity contribution in [2.45, 2.75) is 38.1 Å². The van der Waals surface area contributed by atoms with Crippen molar-refractivity contribution in [3.8, 4) is 11.5 Å². The van der Waals surface area contributed by atoms with Gasteiger partial charge in [-0.2, -0.15) is 0 Å². The van der Waals surface area contributed by atoms with Crippen LogP contribution in [-0.4, -0.2) is 43.4 Å². The van der Waals surface area contributed by atoms with Gasteiger partial charge in [-0.3, -0.25) is 19.3 Å². The summed E-state index contributed by atoms with van der Waals surface area (Å²) in [6.07, 6.45) is 5.37. The Balaban J connectivity index is 1.45. The lowest BCUT2D eigenvalue weighted by Crippen LogP contribution is -2.47. The molecule has 0 radical (unpaired) electrons. The van der Waals surface area contributed by atoms with Crippen LogP contribution in [0.1, 0.15) is 42.5 Å². The Morgan fingerprint density at radius 3 is 2.61 bits per heavy atom. The second-order valence-electron chi connectivity index (χ2n) is 7.88. The zero-order valence-corrected chi connectivity index (χ0v) is 17.3. The first kappa shape index (κ1) is 20.9. The second-order valence-corrected chi connectivity index (χ2v) is 7.88. The van der Waals surface area contributed by atoms with Gasteiger partial charge in [-0.1, -0.05) is 37.5 Å². The number of para-hydroxylation sites is 1. The first-order valence-corrected chi connectivity index (χ1v) is 10.7. The summed E-state index contributed by atoms with van der Waals surface area (Å²) in [5.74, 6) is 0.351. The molecule has 2 aromatic rings. The third kappa shape index (κ3) is 5.23. The van der Waals surface area contributed by atoms with Crippen molar-refractivity contribution in [1.29, 1.82) is 0 Å². The topological polar surface area (TPSA) is 84.9 Å². The van der Waals surface area contributed by atoms with E-state index in [2.05, 4.69) is 5.32 Å². The zero-order chi connectivity index (χ0) is 21.6. The van der Waals surface area contributed by atoms with E-state index in [-0.39, 0.29) is 43.4 Å². The van der Waals surface area contributed by atoms with Crippen molar-refractivity contribution in [2.75, 3.05) is 24.7 Å². The van der Waals surface area contributed by atoms with Crippen LogP contribution in [0.4, 0.5) is 5.69 Å². The first-order chi connectivity index (χ1) is 15.1. The average molecular weight is 422 g/mol. The van der Waals surface area contributed by atoms with Gasteiger partial charge in [-0.05, 0) is 43.2 Å². The van der Waals surface area contributed by atoms with E-state index in [9.17, 15) is 14.4 Å². The number of amides is 2. The van der Waals surface area contributed by atoms with Gasteiger partial charge in [0.1, 0.15) is 18.0 Å². The van der Waals surface area contributed by atoms with Crippen LogP contribution in [0, 0.1) is 0 Å². The van der Waals surface area contributed by atoms with E-state index in [1.165, 1.54) is 11.3 Å². The van der Waals surface area contributed by atoms with Crippen molar-refractivity contribution in [3.63, 3.8) is 0 Å². The summed E-state index contributed by atoms with van der Waals surface area (Å²) in [6.45, 7) is -0.349. The normalized spacial score (nSPS) is 16.3. The molecule has 1 aliphatic heterocycles. The van der Waals surface area contributed by atoms with Crippen molar-refractivity contribution < 1.29 is 23.9 Å². The Bertz CT molecular complexity index is 954. The van der Waals surface area contributed by atoms with Gasteiger partial charge in [-0.25, -0.2) is 0 Å². The zero-order valence-electron chi connectivity index (χ0n) is 17.3. The number of anilines is 1. The van der Waals surface area contributed by atoms with E-state index in [0.717, 1.165) is 25.7 Å². The van der Waals surface area contributed by atoms with Crippen molar-refractivity contribution in [3.05, 3.63) is 54.1 Å². The molecular weight excluding hydrogens is 396 g/mol. The van der Waals surface area contributed by atoms with Gasteiger partial charge in [0.05, 0.1) is 5.69 Å². The highest BCUT2D eigenvalue weighted by Gasteiger charge is 2.29. The van der Waals surface area contributed by atoms with Gasteiger partial charge in [-0.15, -0.1) is 0 Å². The van der Waals surface area contributed by atoms with E-state index >= 15 is 0 Å². The minimum absolute atomic E-state index is 0.0934. The Hall–Kier alpha value is -3.35. The number of nitrogens with zero attached hydrogens (tertiary/aromatic N) is 1. The molecule has 0 spiro atoms. The maximum absolute atomic E-state index is 12.6. The molecule has 0 bridgehead atoms. The number of fused-ring (bicyclic) bond motifs is 1. The molecule has 1 fully saturated rings. The number of rotatable bonds is 7. The lowest BCUT2D eigenvalue weighted by Gasteiger charge is -2.30. The van der Waals surface area contributed by atoms with Crippen LogP contribution in [0.3, 0.4) is 0 Å². The Morgan fingerprint density at radius 1 is 1.06 bits per heavy atom. The third-order valence-electron chi connectivity index (χ3n) is 5.61. The third-order valence-corrected chi connectivity index (χ3v) is 5.61. The Kier molecular flexibility index (Phi) is 6.50. The molecule has 1 aliphatic carbocycles. The van der Waals surface area contributed by atoms with Crippen LogP contribution in [-0.2, 0) is 9.59 Å². The number of hydrogen-bond donors (Lipinski definition) is 1. The maximum Gasteiger partial charge on any atom is 0.265 e. The molecule has 2 aliphatic rings. The number of hydrogen-bond acceptors (Lipinski definition) is 5. The van der Waals surface area contributed by atoms with Crippen molar-refractivity contribution in [2.24, 2.45) is 0 Å². The molecule has 0 unspecified atom stereocenters. The number of ketones is 1. The van der Waals surface area contributed by atoms with Gasteiger partial charge in [0.15, 0.2) is 19.0 Å². The van der Waals surface area contributed by atoms with Crippen molar-refractivity contribution >= 4 is 23.3 Å². The smallest absolute Gasteiger partial charge is 0.265 e. The molecule has 31 heavy (non-hydrogen) atoms. The fourth-order valence-corrected chi connectivity index (χ4v) is 3.96. The predicted molar refractivity (Wildman–Crippen MR) is 116 cm³/mol. The van der Waals surface area contributed by atoms with Gasteiger partial charge in [0, 0.05) is 11.6 Å². The quantitative estimate of drug-likeness (QED) is 0.693. The number of carbonyl (C=O) groups excluding carboxylic acids is 3. The monoisotopic (exact) mass is 422 g/mol. The summed E-state index contributed by atoms with van der Waals surface area (Å²) in [5.41, 5.74) is 0.825. The number of benzene rings is 2. The first-order valence-electron chi connectivity index (χ1n) is 10.7. The SMILES string of the molecule is O=C(CN1C(=O)COc2ccc(C(=O)COc3ccccc3)cc21)NC1CCCCC1. The number of Topliss-reactive ketones (excluding diaryl/α,β-unsaturated/α-hetero) is 1. The molecule has 7 nitrogen and oxygen atoms in total. The average Bonchev–Trinajstić information content (AvgIpc) is 2.80. The standard InChI is InChI=1S/C24H26N2O5/c27-21(15-30-19-9-5-2-6-10-19)17-11-12-22-20(13-17)26(24(29)16-31-22)14-23(28)25-18-7-3-1-4-8-18/h2,5-6,9-13,18H,1,3-4,7-8,14-16H2,(H,25,28). The molecule has 2 amide bonds. The van der Waals surface area contributed by atoms with Crippen molar-refractivity contribution in [1.82, 2.24) is 5.32 Å². The summed E-state index contributed by atoms with van der Waals surface area (Å²) in [4.78, 5) is 39.1. The van der Waals surface area contributed by atoms with Gasteiger partial charge in [0.2, 0.25) is 5.91 Å². The summed E-state index contributed by atoms with van der Waals surface area (Å²) < 4.78 is 11.0. The van der Waals surface area contributed by atoms with Crippen LogP contribution < -0.4 is 19.7 Å². The summed E-state index contributed by atoms with van der Waals surface area (Å²) in [7, 11) is 0. The van der Waals surface area contributed by atoms with Crippen LogP contribution >= 0.6 is 0 Å². The Morgan fingerprint density at radius 2 is 1.84 bits per heavy atom. The van der Waals surface area contributed by atoms with Gasteiger partial charge < -0.3 is 14.8 Å². The molecule has 0 aromatic heterocycles. The number of ether oxygens (including phenoxy) is 2. The highest BCUT2D eigenvalue weighted by molar-refractivity contribution is 6.04. The highest BCUT2D eigenvalue weighted by Crippen LogP contribution is 2.33. The van der Waals surface area contributed by atoms with Crippen LogP contribution in [0.2, 0.25) is 0 Å². The van der Waals surface area contributed by atoms with Gasteiger partial charge >= 0.3 is 0 Å². The molecule has 0 atom stereocenters. The van der Waals surface area contributed by atoms with E-state index in [1.807, 2.05) is 18.2 Å². The number of nitrogens with one attached hydrogen (secondary N) is 1. The molecular formula is C24H26N2O5. The molecule has 162 valence electrons.